The summed E-state index contributed by atoms with van der Waals surface area (Å²) in [6.45, 7) is 5.00. The third-order valence-corrected chi connectivity index (χ3v) is 5.43. The van der Waals surface area contributed by atoms with Crippen LogP contribution in [0.3, 0.4) is 0 Å². The van der Waals surface area contributed by atoms with E-state index in [1.165, 1.54) is 6.42 Å². The van der Waals surface area contributed by atoms with Crippen LogP contribution in [0.4, 0.5) is 0 Å². The van der Waals surface area contributed by atoms with Gasteiger partial charge in [-0.15, -0.1) is 0 Å². The quantitative estimate of drug-likeness (QED) is 0.737. The Kier molecular flexibility index (Phi) is 1.65. The van der Waals surface area contributed by atoms with E-state index in [1.807, 2.05) is 6.92 Å². The first-order valence-corrected chi connectivity index (χ1v) is 6.12. The van der Waals surface area contributed by atoms with Crippen LogP contribution in [0, 0.1) is 23.2 Å². The number of hydrogen-bond donors (Lipinski definition) is 2. The van der Waals surface area contributed by atoms with E-state index in [2.05, 4.69) is 12.2 Å². The van der Waals surface area contributed by atoms with Gasteiger partial charge in [0.05, 0.1) is 0 Å². The summed E-state index contributed by atoms with van der Waals surface area (Å²) in [7, 11) is 0. The molecule has 0 amide bonds. The molecule has 3 heteroatoms. The Morgan fingerprint density at radius 1 is 1.53 bits per heavy atom. The van der Waals surface area contributed by atoms with Gasteiger partial charge in [-0.1, -0.05) is 13.8 Å². The molecule has 2 N–H and O–H groups in total. The second-order valence-corrected chi connectivity index (χ2v) is 5.51. The predicted octanol–water partition coefficient (Wildman–Crippen LogP) is 1.49. The monoisotopic (exact) mass is 209 g/mol. The lowest BCUT2D eigenvalue weighted by atomic mass is 9.88. The number of likely N-dealkylation sites (N-methyl/N-ethyl adjacent to an activating group) is 1. The van der Waals surface area contributed by atoms with Crippen molar-refractivity contribution in [3.05, 3.63) is 0 Å². The van der Waals surface area contributed by atoms with Crippen LogP contribution in [-0.4, -0.2) is 23.2 Å². The average Bonchev–Trinajstić information content (AvgIpc) is 2.55. The number of rotatable bonds is 4. The van der Waals surface area contributed by atoms with Crippen molar-refractivity contribution in [2.75, 3.05) is 6.54 Å². The molecule has 4 bridgehead atoms. The molecule has 0 saturated heterocycles. The summed E-state index contributed by atoms with van der Waals surface area (Å²) in [5.41, 5.74) is -0.152. The van der Waals surface area contributed by atoms with Crippen LogP contribution in [0.15, 0.2) is 0 Å². The van der Waals surface area contributed by atoms with Crippen LogP contribution < -0.4 is 5.32 Å². The minimum atomic E-state index is -0.602. The summed E-state index contributed by atoms with van der Waals surface area (Å²) >= 11 is 0. The van der Waals surface area contributed by atoms with Gasteiger partial charge in [0.1, 0.15) is 5.54 Å². The Morgan fingerprint density at radius 2 is 2.27 bits per heavy atom. The molecule has 0 aromatic heterocycles. The van der Waals surface area contributed by atoms with Crippen LogP contribution in [0.1, 0.15) is 33.1 Å². The number of carboxylic acids is 1. The molecule has 0 aromatic carbocycles. The average molecular weight is 209 g/mol. The van der Waals surface area contributed by atoms with Gasteiger partial charge in [-0.05, 0) is 49.0 Å². The first-order valence-electron chi connectivity index (χ1n) is 6.12. The minimum Gasteiger partial charge on any atom is -0.480 e. The smallest absolute Gasteiger partial charge is 0.324 e. The second-order valence-electron chi connectivity index (χ2n) is 5.51. The van der Waals surface area contributed by atoms with Crippen molar-refractivity contribution in [3.63, 3.8) is 0 Å². The lowest BCUT2D eigenvalue weighted by molar-refractivity contribution is -0.146. The molecule has 0 aromatic rings. The van der Waals surface area contributed by atoms with Crippen molar-refractivity contribution in [1.82, 2.24) is 5.32 Å². The van der Waals surface area contributed by atoms with Crippen molar-refractivity contribution in [3.8, 4) is 0 Å². The molecule has 0 heterocycles. The fourth-order valence-corrected chi connectivity index (χ4v) is 5.00. The lowest BCUT2D eigenvalue weighted by Crippen LogP contribution is -2.55. The third kappa shape index (κ3) is 0.780. The third-order valence-electron chi connectivity index (χ3n) is 5.43. The van der Waals surface area contributed by atoms with Gasteiger partial charge in [0.2, 0.25) is 0 Å². The highest BCUT2D eigenvalue weighted by molar-refractivity contribution is 5.83. The molecule has 0 spiro atoms. The first-order chi connectivity index (χ1) is 7.13. The summed E-state index contributed by atoms with van der Waals surface area (Å²) in [5, 5.41) is 12.8. The Labute approximate surface area is 90.2 Å². The van der Waals surface area contributed by atoms with E-state index < -0.39 is 11.5 Å². The Balaban J connectivity index is 1.98. The number of aliphatic carboxylic acids is 1. The highest BCUT2D eigenvalue weighted by Gasteiger charge is 2.85. The maximum atomic E-state index is 11.6. The van der Waals surface area contributed by atoms with Gasteiger partial charge in [0.25, 0.3) is 0 Å². The van der Waals surface area contributed by atoms with E-state index in [0.29, 0.717) is 23.2 Å². The number of carbonyl (C=O) groups is 1. The SMILES string of the molecule is CCNC1(C(=O)O)C2CC3C1C3(CC)C2. The normalized spacial score (nSPS) is 54.7. The lowest BCUT2D eigenvalue weighted by Gasteiger charge is -2.29. The van der Waals surface area contributed by atoms with Gasteiger partial charge in [-0.25, -0.2) is 0 Å². The molecule has 5 atom stereocenters. The van der Waals surface area contributed by atoms with Crippen LogP contribution >= 0.6 is 0 Å². The maximum absolute atomic E-state index is 11.6. The molecule has 4 saturated carbocycles. The van der Waals surface area contributed by atoms with Gasteiger partial charge >= 0.3 is 5.97 Å². The molecule has 4 fully saturated rings. The fraction of sp³-hybridized carbons (Fsp3) is 0.917. The summed E-state index contributed by atoms with van der Waals surface area (Å²) in [6.07, 6.45) is 3.47. The molecule has 4 aliphatic rings. The van der Waals surface area contributed by atoms with Crippen molar-refractivity contribution in [1.29, 1.82) is 0 Å². The van der Waals surface area contributed by atoms with E-state index >= 15 is 0 Å². The number of nitrogens with one attached hydrogen (secondary N) is 1. The van der Waals surface area contributed by atoms with Crippen molar-refractivity contribution >= 4 is 5.97 Å². The molecule has 5 unspecified atom stereocenters. The van der Waals surface area contributed by atoms with Gasteiger partial charge in [0, 0.05) is 0 Å². The van der Waals surface area contributed by atoms with Gasteiger partial charge in [-0.2, -0.15) is 0 Å². The van der Waals surface area contributed by atoms with E-state index in [-0.39, 0.29) is 0 Å². The zero-order valence-corrected chi connectivity index (χ0v) is 9.42. The van der Waals surface area contributed by atoms with Gasteiger partial charge in [0.15, 0.2) is 0 Å². The largest absolute Gasteiger partial charge is 0.480 e. The standard InChI is InChI=1S/C12H19NO2/c1-3-11-6-7-5-8(11)9(11)12(7,10(14)15)13-4-2/h7-9,13H,3-6H2,1-2H3,(H,14,15). The summed E-state index contributed by atoms with van der Waals surface area (Å²) in [4.78, 5) is 11.6. The molecule has 84 valence electrons. The summed E-state index contributed by atoms with van der Waals surface area (Å²) < 4.78 is 0. The van der Waals surface area contributed by atoms with Crippen molar-refractivity contribution < 1.29 is 9.90 Å². The molecular formula is C12H19NO2. The first kappa shape index (κ1) is 9.64. The van der Waals surface area contributed by atoms with E-state index in [4.69, 9.17) is 0 Å². The summed E-state index contributed by atoms with van der Waals surface area (Å²) in [5.74, 6) is 0.930. The Morgan fingerprint density at radius 3 is 2.67 bits per heavy atom. The maximum Gasteiger partial charge on any atom is 0.324 e. The Bertz CT molecular complexity index is 330. The Hall–Kier alpha value is -0.570. The molecule has 15 heavy (non-hydrogen) atoms. The zero-order valence-electron chi connectivity index (χ0n) is 9.42. The highest BCUT2D eigenvalue weighted by Crippen LogP contribution is 2.83. The van der Waals surface area contributed by atoms with Crippen LogP contribution in [0.5, 0.6) is 0 Å². The van der Waals surface area contributed by atoms with Gasteiger partial charge in [-0.3, -0.25) is 4.79 Å². The van der Waals surface area contributed by atoms with E-state index in [9.17, 15) is 9.90 Å². The van der Waals surface area contributed by atoms with Crippen molar-refractivity contribution in [2.45, 2.75) is 38.6 Å². The minimum absolute atomic E-state index is 0.393. The van der Waals surface area contributed by atoms with Crippen LogP contribution in [-0.2, 0) is 4.79 Å². The fourth-order valence-electron chi connectivity index (χ4n) is 5.00. The molecule has 3 nitrogen and oxygen atoms in total. The molecule has 4 rings (SSSR count). The second kappa shape index (κ2) is 2.57. The van der Waals surface area contributed by atoms with Crippen LogP contribution in [0.2, 0.25) is 0 Å². The zero-order chi connectivity index (χ0) is 10.8. The molecule has 4 aliphatic carbocycles. The molecule has 0 radical (unpaired) electrons. The topological polar surface area (TPSA) is 49.3 Å². The number of hydrogen-bond acceptors (Lipinski definition) is 2. The van der Waals surface area contributed by atoms with Crippen LogP contribution in [0.25, 0.3) is 0 Å². The van der Waals surface area contributed by atoms with Crippen molar-refractivity contribution in [2.24, 2.45) is 23.2 Å². The molecular weight excluding hydrogens is 190 g/mol. The number of carboxylic acid groups (broad SMARTS) is 1. The predicted molar refractivity (Wildman–Crippen MR) is 56.5 cm³/mol. The van der Waals surface area contributed by atoms with Gasteiger partial charge < -0.3 is 10.4 Å². The molecule has 0 aliphatic heterocycles. The van der Waals surface area contributed by atoms with E-state index in [0.717, 1.165) is 19.4 Å². The highest BCUT2D eigenvalue weighted by atomic mass is 16.4. The summed E-state index contributed by atoms with van der Waals surface area (Å²) in [6, 6.07) is 0. The van der Waals surface area contributed by atoms with E-state index in [1.54, 1.807) is 0 Å².